The van der Waals surface area contributed by atoms with Gasteiger partial charge in [0.25, 0.3) is 5.91 Å². The minimum absolute atomic E-state index is 0.156. The molecule has 0 radical (unpaired) electrons. The molecule has 1 heterocycles. The van der Waals surface area contributed by atoms with E-state index >= 15 is 0 Å². The molecule has 1 aromatic carbocycles. The maximum atomic E-state index is 14.1. The van der Waals surface area contributed by atoms with Crippen LogP contribution in [0.1, 0.15) is 23.2 Å². The monoisotopic (exact) mass is 321 g/mol. The van der Waals surface area contributed by atoms with Gasteiger partial charge in [-0.05, 0) is 31.0 Å². The highest BCUT2D eigenvalue weighted by Crippen LogP contribution is 2.29. The molecule has 2 fully saturated rings. The van der Waals surface area contributed by atoms with Gasteiger partial charge in [0, 0.05) is 24.8 Å². The van der Waals surface area contributed by atoms with E-state index in [1.165, 1.54) is 21.9 Å². The van der Waals surface area contributed by atoms with Crippen LogP contribution in [0.3, 0.4) is 0 Å². The average molecular weight is 321 g/mol. The first-order valence-electron chi connectivity index (χ1n) is 7.35. The van der Waals surface area contributed by atoms with E-state index in [9.17, 15) is 18.8 Å². The number of anilines is 1. The lowest BCUT2D eigenvalue weighted by molar-refractivity contribution is -0.137. The SMILES string of the molecule is O=C(O)CN(C(=O)c1cc(N2CCNC2=O)ccc1F)C1CC1. The van der Waals surface area contributed by atoms with E-state index in [0.29, 0.717) is 18.8 Å². The number of carbonyl (C=O) groups is 3. The van der Waals surface area contributed by atoms with Crippen LogP contribution in [-0.2, 0) is 4.79 Å². The summed E-state index contributed by atoms with van der Waals surface area (Å²) in [6, 6.07) is 3.39. The van der Waals surface area contributed by atoms with E-state index in [2.05, 4.69) is 5.32 Å². The normalized spacial score (nSPS) is 17.1. The molecule has 0 atom stereocenters. The van der Waals surface area contributed by atoms with Crippen molar-refractivity contribution in [2.75, 3.05) is 24.5 Å². The lowest BCUT2D eigenvalue weighted by Gasteiger charge is -2.22. The molecule has 1 aromatic rings. The number of aliphatic carboxylic acids is 1. The van der Waals surface area contributed by atoms with Crippen LogP contribution < -0.4 is 10.2 Å². The summed E-state index contributed by atoms with van der Waals surface area (Å²) in [4.78, 5) is 37.7. The maximum Gasteiger partial charge on any atom is 0.323 e. The van der Waals surface area contributed by atoms with Crippen molar-refractivity contribution in [3.8, 4) is 0 Å². The molecule has 3 rings (SSSR count). The maximum absolute atomic E-state index is 14.1. The summed E-state index contributed by atoms with van der Waals surface area (Å²) in [5.74, 6) is -2.52. The summed E-state index contributed by atoms with van der Waals surface area (Å²) in [6.07, 6.45) is 1.43. The Balaban J connectivity index is 1.89. The van der Waals surface area contributed by atoms with Gasteiger partial charge in [0.15, 0.2) is 0 Å². The highest BCUT2D eigenvalue weighted by Gasteiger charge is 2.35. The number of benzene rings is 1. The second-order valence-corrected chi connectivity index (χ2v) is 5.61. The number of carboxylic acid groups (broad SMARTS) is 1. The standard InChI is InChI=1S/C15H16FN3O4/c16-12-4-3-10(18-6-5-17-15(18)23)7-11(12)14(22)19(8-13(20)21)9-1-2-9/h3-4,7,9H,1-2,5-6,8H2,(H,17,23)(H,20,21). The van der Waals surface area contributed by atoms with Gasteiger partial charge in [-0.15, -0.1) is 0 Å². The molecule has 1 aliphatic carbocycles. The van der Waals surface area contributed by atoms with Gasteiger partial charge in [0.2, 0.25) is 0 Å². The highest BCUT2D eigenvalue weighted by molar-refractivity contribution is 5.99. The number of carboxylic acids is 1. The fourth-order valence-corrected chi connectivity index (χ4v) is 2.62. The second-order valence-electron chi connectivity index (χ2n) is 5.61. The van der Waals surface area contributed by atoms with E-state index in [4.69, 9.17) is 5.11 Å². The summed E-state index contributed by atoms with van der Waals surface area (Å²) >= 11 is 0. The Labute approximate surface area is 131 Å². The largest absolute Gasteiger partial charge is 0.480 e. The van der Waals surface area contributed by atoms with E-state index in [0.717, 1.165) is 18.9 Å². The van der Waals surface area contributed by atoms with Crippen LogP contribution in [0.2, 0.25) is 0 Å². The van der Waals surface area contributed by atoms with Crippen LogP contribution >= 0.6 is 0 Å². The predicted octanol–water partition coefficient (Wildman–Crippen LogP) is 1.04. The quantitative estimate of drug-likeness (QED) is 0.848. The minimum Gasteiger partial charge on any atom is -0.480 e. The number of urea groups is 1. The van der Waals surface area contributed by atoms with E-state index in [-0.39, 0.29) is 17.6 Å². The number of nitrogens with one attached hydrogen (secondary N) is 1. The van der Waals surface area contributed by atoms with Crippen molar-refractivity contribution in [1.29, 1.82) is 0 Å². The molecule has 0 spiro atoms. The van der Waals surface area contributed by atoms with Gasteiger partial charge in [-0.25, -0.2) is 9.18 Å². The second kappa shape index (κ2) is 5.86. The van der Waals surface area contributed by atoms with E-state index in [1.807, 2.05) is 0 Å². The molecule has 8 heteroatoms. The Morgan fingerprint density at radius 2 is 2.13 bits per heavy atom. The van der Waals surface area contributed by atoms with Crippen molar-refractivity contribution in [2.24, 2.45) is 0 Å². The van der Waals surface area contributed by atoms with Gasteiger partial charge in [-0.2, -0.15) is 0 Å². The third-order valence-corrected chi connectivity index (χ3v) is 3.90. The van der Waals surface area contributed by atoms with Crippen LogP contribution in [0.5, 0.6) is 0 Å². The zero-order chi connectivity index (χ0) is 16.6. The van der Waals surface area contributed by atoms with Crippen molar-refractivity contribution in [1.82, 2.24) is 10.2 Å². The fraction of sp³-hybridized carbons (Fsp3) is 0.400. The molecule has 0 bridgehead atoms. The molecule has 1 saturated heterocycles. The topological polar surface area (TPSA) is 89.9 Å². The molecule has 23 heavy (non-hydrogen) atoms. The number of nitrogens with zero attached hydrogens (tertiary/aromatic N) is 2. The smallest absolute Gasteiger partial charge is 0.323 e. The number of hydrogen-bond donors (Lipinski definition) is 2. The predicted molar refractivity (Wildman–Crippen MR) is 78.8 cm³/mol. The zero-order valence-electron chi connectivity index (χ0n) is 12.3. The third kappa shape index (κ3) is 3.10. The van der Waals surface area contributed by atoms with Gasteiger partial charge >= 0.3 is 12.0 Å². The third-order valence-electron chi connectivity index (χ3n) is 3.90. The number of halogens is 1. The molecule has 122 valence electrons. The first kappa shape index (κ1) is 15.3. The first-order chi connectivity index (χ1) is 11.0. The number of rotatable bonds is 5. The Bertz CT molecular complexity index is 675. The molecule has 2 aliphatic rings. The molecular formula is C15H16FN3O4. The summed E-state index contributed by atoms with van der Waals surface area (Å²) in [7, 11) is 0. The van der Waals surface area contributed by atoms with Crippen LogP contribution in [0, 0.1) is 5.82 Å². The van der Waals surface area contributed by atoms with Gasteiger partial charge in [-0.1, -0.05) is 0 Å². The lowest BCUT2D eigenvalue weighted by Crippen LogP contribution is -2.38. The summed E-state index contributed by atoms with van der Waals surface area (Å²) in [5, 5.41) is 11.6. The van der Waals surface area contributed by atoms with Gasteiger partial charge in [-0.3, -0.25) is 14.5 Å². The molecule has 0 unspecified atom stereocenters. The lowest BCUT2D eigenvalue weighted by atomic mass is 10.1. The van der Waals surface area contributed by atoms with Crippen LogP contribution in [0.4, 0.5) is 14.9 Å². The van der Waals surface area contributed by atoms with Crippen LogP contribution in [0.15, 0.2) is 18.2 Å². The molecule has 7 nitrogen and oxygen atoms in total. The highest BCUT2D eigenvalue weighted by atomic mass is 19.1. The van der Waals surface area contributed by atoms with Gasteiger partial charge in [0.1, 0.15) is 12.4 Å². The number of hydrogen-bond acceptors (Lipinski definition) is 3. The molecule has 2 N–H and O–H groups in total. The van der Waals surface area contributed by atoms with Crippen molar-refractivity contribution in [2.45, 2.75) is 18.9 Å². The fourth-order valence-electron chi connectivity index (χ4n) is 2.62. The van der Waals surface area contributed by atoms with Crippen molar-refractivity contribution < 1.29 is 23.9 Å². The number of carbonyl (C=O) groups excluding carboxylic acids is 2. The Hall–Kier alpha value is -2.64. The van der Waals surface area contributed by atoms with Crippen molar-refractivity contribution in [3.63, 3.8) is 0 Å². The van der Waals surface area contributed by atoms with E-state index in [1.54, 1.807) is 0 Å². The summed E-state index contributed by atoms with van der Waals surface area (Å²) in [5.41, 5.74) is 0.200. The van der Waals surface area contributed by atoms with E-state index < -0.39 is 24.2 Å². The average Bonchev–Trinajstić information content (AvgIpc) is 3.26. The number of amides is 3. The first-order valence-corrected chi connectivity index (χ1v) is 7.35. The van der Waals surface area contributed by atoms with Crippen molar-refractivity contribution >= 4 is 23.6 Å². The van der Waals surface area contributed by atoms with Gasteiger partial charge < -0.3 is 15.3 Å². The van der Waals surface area contributed by atoms with Crippen LogP contribution in [0.25, 0.3) is 0 Å². The molecular weight excluding hydrogens is 305 g/mol. The zero-order valence-corrected chi connectivity index (χ0v) is 12.3. The van der Waals surface area contributed by atoms with Crippen molar-refractivity contribution in [3.05, 3.63) is 29.6 Å². The molecule has 1 aliphatic heterocycles. The minimum atomic E-state index is -1.14. The Kier molecular flexibility index (Phi) is 3.89. The van der Waals surface area contributed by atoms with Gasteiger partial charge in [0.05, 0.1) is 5.56 Å². The Morgan fingerprint density at radius 3 is 2.70 bits per heavy atom. The summed E-state index contributed by atoms with van der Waals surface area (Å²) < 4.78 is 14.1. The molecule has 0 aromatic heterocycles. The molecule has 3 amide bonds. The summed E-state index contributed by atoms with van der Waals surface area (Å²) in [6.45, 7) is 0.448. The van der Waals surface area contributed by atoms with Crippen LogP contribution in [-0.4, -0.2) is 53.6 Å². The Morgan fingerprint density at radius 1 is 1.39 bits per heavy atom. The molecule has 1 saturated carbocycles.